The fraction of sp³-hybridized carbons (Fsp3) is 0.200. The molecule has 1 amide bonds. The lowest BCUT2D eigenvalue weighted by atomic mass is 10.1. The first kappa shape index (κ1) is 19.9. The van der Waals surface area contributed by atoms with Gasteiger partial charge in [0.2, 0.25) is 11.6 Å². The second-order valence-corrected chi connectivity index (χ2v) is 7.19. The third-order valence-electron chi connectivity index (χ3n) is 3.84. The van der Waals surface area contributed by atoms with E-state index in [1.807, 2.05) is 0 Å². The molecule has 0 radical (unpaired) electrons. The average Bonchev–Trinajstić information content (AvgIpc) is 2.62. The maximum Gasteiger partial charge on any atom is 0.412 e. The number of carbonyl (C=O) groups excluding carboxylic acids is 1. The van der Waals surface area contributed by atoms with Gasteiger partial charge in [-0.05, 0) is 32.9 Å². The number of pyridine rings is 1. The fourth-order valence-electron chi connectivity index (χ4n) is 2.72. The van der Waals surface area contributed by atoms with Crippen LogP contribution in [0.15, 0.2) is 48.7 Å². The third-order valence-corrected chi connectivity index (χ3v) is 3.84. The molecule has 0 aliphatic heterocycles. The van der Waals surface area contributed by atoms with Crippen molar-refractivity contribution in [1.82, 2.24) is 4.98 Å². The number of nitrogens with one attached hydrogen (secondary N) is 1. The van der Waals surface area contributed by atoms with Gasteiger partial charge in [-0.15, -0.1) is 0 Å². The number of nitrogen functional groups attached to an aromatic ring is 1. The summed E-state index contributed by atoms with van der Waals surface area (Å²) < 4.78 is 11.1. The van der Waals surface area contributed by atoms with Crippen molar-refractivity contribution in [1.29, 1.82) is 0 Å². The molecule has 0 aliphatic rings. The van der Waals surface area contributed by atoms with Crippen molar-refractivity contribution in [2.45, 2.75) is 26.4 Å². The summed E-state index contributed by atoms with van der Waals surface area (Å²) in [6.45, 7) is 5.32. The summed E-state index contributed by atoms with van der Waals surface area (Å²) >= 11 is 0. The van der Waals surface area contributed by atoms with Crippen molar-refractivity contribution in [2.24, 2.45) is 0 Å². The summed E-state index contributed by atoms with van der Waals surface area (Å²) in [6, 6.07) is 11.8. The largest absolute Gasteiger partial charge is 0.449 e. The average molecular weight is 396 g/mol. The van der Waals surface area contributed by atoms with E-state index in [0.717, 1.165) is 0 Å². The molecule has 1 aromatic heterocycles. The Morgan fingerprint density at radius 3 is 2.45 bits per heavy atom. The van der Waals surface area contributed by atoms with Crippen LogP contribution in [0, 0.1) is 10.1 Å². The number of ether oxygens (including phenoxy) is 2. The SMILES string of the molecule is CC(C)(C)OC(=O)Nc1ccc(Oc2ccnc(N)c2[N+](=O)[O-])c2ccccc12. The fourth-order valence-corrected chi connectivity index (χ4v) is 2.72. The van der Waals surface area contributed by atoms with Crippen LogP contribution >= 0.6 is 0 Å². The van der Waals surface area contributed by atoms with Crippen LogP contribution in [0.25, 0.3) is 10.8 Å². The van der Waals surface area contributed by atoms with Gasteiger partial charge in [-0.1, -0.05) is 24.3 Å². The first-order chi connectivity index (χ1) is 13.7. The standard InChI is InChI=1S/C20H20N4O5/c1-20(2,3)29-19(25)23-14-8-9-15(13-7-5-4-6-12(13)14)28-16-10-11-22-18(21)17(16)24(26)27/h4-11H,1-3H3,(H2,21,22)(H,23,25). The van der Waals surface area contributed by atoms with Gasteiger partial charge in [-0.3, -0.25) is 15.4 Å². The molecule has 0 aliphatic carbocycles. The van der Waals surface area contributed by atoms with E-state index in [4.69, 9.17) is 15.2 Å². The van der Waals surface area contributed by atoms with Gasteiger partial charge in [0.25, 0.3) is 0 Å². The molecule has 0 spiro atoms. The molecule has 3 rings (SSSR count). The Bertz CT molecular complexity index is 1090. The highest BCUT2D eigenvalue weighted by Crippen LogP contribution is 2.39. The minimum absolute atomic E-state index is 0.0273. The monoisotopic (exact) mass is 396 g/mol. The summed E-state index contributed by atoms with van der Waals surface area (Å²) in [5, 5.41) is 15.4. The smallest absolute Gasteiger partial charge is 0.412 e. The van der Waals surface area contributed by atoms with Crippen molar-refractivity contribution in [3.8, 4) is 11.5 Å². The molecule has 1 heterocycles. The van der Waals surface area contributed by atoms with Crippen LogP contribution in [0.2, 0.25) is 0 Å². The number of amides is 1. The van der Waals surface area contributed by atoms with E-state index in [1.54, 1.807) is 57.2 Å². The number of fused-ring (bicyclic) bond motifs is 1. The highest BCUT2D eigenvalue weighted by atomic mass is 16.6. The molecule has 0 atom stereocenters. The van der Waals surface area contributed by atoms with Crippen LogP contribution in [0.1, 0.15) is 20.8 Å². The van der Waals surface area contributed by atoms with Gasteiger partial charge in [0.05, 0.1) is 10.6 Å². The molecule has 0 fully saturated rings. The number of benzene rings is 2. The topological polar surface area (TPSA) is 130 Å². The zero-order valence-corrected chi connectivity index (χ0v) is 16.1. The van der Waals surface area contributed by atoms with E-state index >= 15 is 0 Å². The zero-order valence-electron chi connectivity index (χ0n) is 16.1. The Kier molecular flexibility index (Phi) is 5.22. The van der Waals surface area contributed by atoms with Crippen LogP contribution in [0.3, 0.4) is 0 Å². The second kappa shape index (κ2) is 7.63. The molecule has 0 saturated heterocycles. The summed E-state index contributed by atoms with van der Waals surface area (Å²) in [5.74, 6) is 0.101. The van der Waals surface area contributed by atoms with Crippen LogP contribution < -0.4 is 15.8 Å². The third kappa shape index (κ3) is 4.52. The molecular formula is C20H20N4O5. The number of anilines is 2. The van der Waals surface area contributed by atoms with Gasteiger partial charge >= 0.3 is 11.8 Å². The quantitative estimate of drug-likeness (QED) is 0.475. The predicted molar refractivity (Wildman–Crippen MR) is 109 cm³/mol. The van der Waals surface area contributed by atoms with Crippen molar-refractivity contribution in [3.63, 3.8) is 0 Å². The van der Waals surface area contributed by atoms with E-state index in [1.165, 1.54) is 12.3 Å². The number of carbonyl (C=O) groups is 1. The number of rotatable bonds is 4. The molecule has 3 aromatic rings. The molecular weight excluding hydrogens is 376 g/mol. The van der Waals surface area contributed by atoms with Crippen molar-refractivity contribution in [2.75, 3.05) is 11.1 Å². The van der Waals surface area contributed by atoms with Gasteiger partial charge in [-0.2, -0.15) is 0 Å². The number of hydrogen-bond acceptors (Lipinski definition) is 7. The lowest BCUT2D eigenvalue weighted by Crippen LogP contribution is -2.27. The highest BCUT2D eigenvalue weighted by molar-refractivity contribution is 6.03. The zero-order chi connectivity index (χ0) is 21.2. The normalized spacial score (nSPS) is 11.1. The number of aromatic nitrogens is 1. The van der Waals surface area contributed by atoms with E-state index < -0.39 is 22.3 Å². The van der Waals surface area contributed by atoms with Gasteiger partial charge in [0, 0.05) is 23.0 Å². The predicted octanol–water partition coefficient (Wildman–Crippen LogP) is 4.86. The van der Waals surface area contributed by atoms with Crippen molar-refractivity contribution in [3.05, 3.63) is 58.8 Å². The van der Waals surface area contributed by atoms with Gasteiger partial charge in [0.15, 0.2) is 0 Å². The van der Waals surface area contributed by atoms with E-state index in [9.17, 15) is 14.9 Å². The van der Waals surface area contributed by atoms with E-state index in [-0.39, 0.29) is 11.6 Å². The van der Waals surface area contributed by atoms with Crippen LogP contribution in [-0.2, 0) is 4.74 Å². The lowest BCUT2D eigenvalue weighted by Gasteiger charge is -2.20. The van der Waals surface area contributed by atoms with Gasteiger partial charge < -0.3 is 15.2 Å². The molecule has 0 bridgehead atoms. The van der Waals surface area contributed by atoms with E-state index in [2.05, 4.69) is 10.3 Å². The minimum Gasteiger partial charge on any atom is -0.449 e. The van der Waals surface area contributed by atoms with Gasteiger partial charge in [-0.25, -0.2) is 9.78 Å². The Labute approximate surface area is 166 Å². The van der Waals surface area contributed by atoms with Crippen LogP contribution in [0.4, 0.5) is 22.0 Å². The highest BCUT2D eigenvalue weighted by Gasteiger charge is 2.22. The van der Waals surface area contributed by atoms with Crippen molar-refractivity contribution >= 4 is 34.1 Å². The number of hydrogen-bond donors (Lipinski definition) is 2. The molecule has 29 heavy (non-hydrogen) atoms. The molecule has 150 valence electrons. The first-order valence-electron chi connectivity index (χ1n) is 8.74. The Balaban J connectivity index is 2.00. The maximum absolute atomic E-state index is 12.1. The number of nitrogens with two attached hydrogens (primary N) is 1. The van der Waals surface area contributed by atoms with Gasteiger partial charge in [0.1, 0.15) is 11.4 Å². The van der Waals surface area contributed by atoms with Crippen LogP contribution in [0.5, 0.6) is 11.5 Å². The summed E-state index contributed by atoms with van der Waals surface area (Å²) in [6.07, 6.45) is 0.743. The minimum atomic E-state index is -0.641. The molecule has 0 saturated carbocycles. The molecule has 0 unspecified atom stereocenters. The number of nitro groups is 1. The second-order valence-electron chi connectivity index (χ2n) is 7.19. The lowest BCUT2D eigenvalue weighted by molar-refractivity contribution is -0.384. The summed E-state index contributed by atoms with van der Waals surface area (Å²) in [7, 11) is 0. The van der Waals surface area contributed by atoms with E-state index in [0.29, 0.717) is 22.2 Å². The Morgan fingerprint density at radius 2 is 1.79 bits per heavy atom. The number of nitrogens with zero attached hydrogens (tertiary/aromatic N) is 2. The first-order valence-corrected chi connectivity index (χ1v) is 8.74. The van der Waals surface area contributed by atoms with Crippen molar-refractivity contribution < 1.29 is 19.2 Å². The molecule has 9 nitrogen and oxygen atoms in total. The maximum atomic E-state index is 12.1. The molecule has 2 aromatic carbocycles. The Morgan fingerprint density at radius 1 is 1.10 bits per heavy atom. The molecule has 3 N–H and O–H groups in total. The summed E-state index contributed by atoms with van der Waals surface area (Å²) in [4.78, 5) is 26.6. The van der Waals surface area contributed by atoms with Crippen LogP contribution in [-0.4, -0.2) is 21.6 Å². The summed E-state index contributed by atoms with van der Waals surface area (Å²) in [5.41, 5.74) is 5.10. The Hall–Kier alpha value is -3.88. The molecule has 9 heteroatoms.